The van der Waals surface area contributed by atoms with E-state index in [1.165, 1.54) is 11.3 Å². The molecule has 8 nitrogen and oxygen atoms in total. The summed E-state index contributed by atoms with van der Waals surface area (Å²) in [6.45, 7) is 2.72. The van der Waals surface area contributed by atoms with Crippen molar-refractivity contribution < 1.29 is 28.7 Å². The highest BCUT2D eigenvalue weighted by molar-refractivity contribution is 7.20. The van der Waals surface area contributed by atoms with Crippen molar-refractivity contribution in [3.05, 3.63) is 77.4 Å². The monoisotopic (exact) mass is 480 g/mol. The third-order valence-corrected chi connectivity index (χ3v) is 5.97. The number of carbonyl (C=O) groups excluding carboxylic acids is 4. The first-order chi connectivity index (χ1) is 16.4. The van der Waals surface area contributed by atoms with Crippen molar-refractivity contribution in [2.24, 2.45) is 0 Å². The molecule has 0 radical (unpaired) electrons. The van der Waals surface area contributed by atoms with Gasteiger partial charge in [-0.15, -0.1) is 11.3 Å². The molecule has 2 N–H and O–H groups in total. The summed E-state index contributed by atoms with van der Waals surface area (Å²) >= 11 is 1.24. The van der Waals surface area contributed by atoms with Gasteiger partial charge in [0.15, 0.2) is 6.61 Å². The van der Waals surface area contributed by atoms with Gasteiger partial charge in [-0.05, 0) is 37.1 Å². The van der Waals surface area contributed by atoms with Gasteiger partial charge in [-0.2, -0.15) is 0 Å². The van der Waals surface area contributed by atoms with Gasteiger partial charge in [0.1, 0.15) is 11.5 Å². The van der Waals surface area contributed by atoms with Crippen molar-refractivity contribution in [1.82, 2.24) is 5.32 Å². The number of carbonyl (C=O) groups is 4. The predicted molar refractivity (Wildman–Crippen MR) is 129 cm³/mol. The summed E-state index contributed by atoms with van der Waals surface area (Å²) in [6.07, 6.45) is 0. The lowest BCUT2D eigenvalue weighted by Crippen LogP contribution is -2.32. The number of anilines is 1. The molecule has 0 atom stereocenters. The van der Waals surface area contributed by atoms with E-state index >= 15 is 0 Å². The smallest absolute Gasteiger partial charge is 0.341 e. The molecule has 1 heterocycles. The molecule has 3 rings (SSSR count). The highest BCUT2D eigenvalue weighted by Crippen LogP contribution is 2.40. The first-order valence-corrected chi connectivity index (χ1v) is 11.4. The van der Waals surface area contributed by atoms with Gasteiger partial charge in [0.2, 0.25) is 0 Å². The fourth-order valence-electron chi connectivity index (χ4n) is 3.12. The summed E-state index contributed by atoms with van der Waals surface area (Å²) in [7, 11) is 0. The Kier molecular flexibility index (Phi) is 8.53. The average molecular weight is 481 g/mol. The summed E-state index contributed by atoms with van der Waals surface area (Å²) in [5.74, 6) is -2.36. The van der Waals surface area contributed by atoms with Gasteiger partial charge in [0, 0.05) is 10.4 Å². The molecule has 3 aromatic rings. The summed E-state index contributed by atoms with van der Waals surface area (Å²) < 4.78 is 10.1. The van der Waals surface area contributed by atoms with Crippen molar-refractivity contribution in [2.75, 3.05) is 25.1 Å². The first kappa shape index (κ1) is 24.7. The normalized spacial score (nSPS) is 10.3. The van der Waals surface area contributed by atoms with Gasteiger partial charge in [-0.3, -0.25) is 14.4 Å². The van der Waals surface area contributed by atoms with E-state index in [9.17, 15) is 19.2 Å². The lowest BCUT2D eigenvalue weighted by atomic mass is 10.1. The summed E-state index contributed by atoms with van der Waals surface area (Å²) in [5, 5.41) is 5.39. The Bertz CT molecular complexity index is 1170. The van der Waals surface area contributed by atoms with Crippen molar-refractivity contribution in [2.45, 2.75) is 13.8 Å². The standard InChI is InChI=1S/C25H24N2O6S/c1-3-32-25(31)21-16(2)22(17-10-6-4-7-11-17)34-24(21)27-19(28)15-33-20(29)14-26-23(30)18-12-8-5-9-13-18/h4-13H,3,14-15H2,1-2H3,(H,26,30)(H,27,28). The molecule has 0 unspecified atom stereocenters. The summed E-state index contributed by atoms with van der Waals surface area (Å²) in [5.41, 5.74) is 2.25. The SMILES string of the molecule is CCOC(=O)c1c(NC(=O)COC(=O)CNC(=O)c2ccccc2)sc(-c2ccccc2)c1C. The zero-order valence-electron chi connectivity index (χ0n) is 18.8. The van der Waals surface area contributed by atoms with E-state index < -0.39 is 30.4 Å². The molecule has 0 saturated carbocycles. The minimum atomic E-state index is -0.766. The lowest BCUT2D eigenvalue weighted by Gasteiger charge is -2.08. The molecule has 0 aliphatic heterocycles. The topological polar surface area (TPSA) is 111 Å². The quantitative estimate of drug-likeness (QED) is 0.451. The second-order valence-electron chi connectivity index (χ2n) is 7.10. The highest BCUT2D eigenvalue weighted by atomic mass is 32.1. The molecular formula is C25H24N2O6S. The van der Waals surface area contributed by atoms with Crippen LogP contribution in [-0.4, -0.2) is 43.5 Å². The van der Waals surface area contributed by atoms with Crippen LogP contribution in [0.2, 0.25) is 0 Å². The first-order valence-electron chi connectivity index (χ1n) is 10.5. The molecule has 0 bridgehead atoms. The highest BCUT2D eigenvalue weighted by Gasteiger charge is 2.24. The minimum absolute atomic E-state index is 0.189. The lowest BCUT2D eigenvalue weighted by molar-refractivity contribution is -0.146. The van der Waals surface area contributed by atoms with E-state index in [4.69, 9.17) is 9.47 Å². The Morgan fingerprint density at radius 1 is 0.912 bits per heavy atom. The Balaban J connectivity index is 1.62. The largest absolute Gasteiger partial charge is 0.462 e. The second-order valence-corrected chi connectivity index (χ2v) is 8.12. The van der Waals surface area contributed by atoms with Crippen molar-refractivity contribution >= 4 is 40.1 Å². The van der Waals surface area contributed by atoms with E-state index in [1.54, 1.807) is 44.2 Å². The zero-order chi connectivity index (χ0) is 24.5. The van der Waals surface area contributed by atoms with E-state index in [0.717, 1.165) is 10.4 Å². The van der Waals surface area contributed by atoms with Crippen LogP contribution in [0.15, 0.2) is 60.7 Å². The number of thiophene rings is 1. The van der Waals surface area contributed by atoms with Crippen molar-refractivity contribution in [3.63, 3.8) is 0 Å². The van der Waals surface area contributed by atoms with E-state index in [1.807, 2.05) is 30.3 Å². The molecule has 176 valence electrons. The summed E-state index contributed by atoms with van der Waals surface area (Å²) in [6, 6.07) is 17.9. The molecule has 9 heteroatoms. The van der Waals surface area contributed by atoms with E-state index in [-0.39, 0.29) is 18.7 Å². The van der Waals surface area contributed by atoms with Gasteiger partial charge in [0.25, 0.3) is 11.8 Å². The Labute approximate surface area is 200 Å². The maximum Gasteiger partial charge on any atom is 0.341 e. The molecule has 2 amide bonds. The van der Waals surface area contributed by atoms with Crippen molar-refractivity contribution in [1.29, 1.82) is 0 Å². The predicted octanol–water partition coefficient (Wildman–Crippen LogP) is 3.81. The number of nitrogens with one attached hydrogen (secondary N) is 2. The number of hydrogen-bond acceptors (Lipinski definition) is 7. The number of hydrogen-bond donors (Lipinski definition) is 2. The maximum absolute atomic E-state index is 12.6. The number of amides is 2. The van der Waals surface area contributed by atoms with Crippen LogP contribution in [0.3, 0.4) is 0 Å². The Morgan fingerprint density at radius 3 is 2.21 bits per heavy atom. The molecule has 0 saturated heterocycles. The van der Waals surface area contributed by atoms with Crippen LogP contribution < -0.4 is 10.6 Å². The zero-order valence-corrected chi connectivity index (χ0v) is 19.6. The molecule has 1 aromatic heterocycles. The molecule has 2 aromatic carbocycles. The Hall–Kier alpha value is -3.98. The van der Waals surface area contributed by atoms with Gasteiger partial charge in [-0.25, -0.2) is 4.79 Å². The van der Waals surface area contributed by atoms with Gasteiger partial charge in [-0.1, -0.05) is 48.5 Å². The number of benzene rings is 2. The van der Waals surface area contributed by atoms with E-state index in [0.29, 0.717) is 16.1 Å². The minimum Gasteiger partial charge on any atom is -0.462 e. The van der Waals surface area contributed by atoms with Crippen LogP contribution >= 0.6 is 11.3 Å². The Morgan fingerprint density at radius 2 is 1.56 bits per heavy atom. The van der Waals surface area contributed by atoms with Crippen molar-refractivity contribution in [3.8, 4) is 10.4 Å². The number of rotatable bonds is 9. The third-order valence-electron chi connectivity index (χ3n) is 4.71. The second kappa shape index (κ2) is 11.8. The van der Waals surface area contributed by atoms with Crippen LogP contribution in [0.4, 0.5) is 5.00 Å². The fraction of sp³-hybridized carbons (Fsp3) is 0.200. The third kappa shape index (κ3) is 6.29. The van der Waals surface area contributed by atoms with Gasteiger partial charge >= 0.3 is 11.9 Å². The average Bonchev–Trinajstić information content (AvgIpc) is 3.17. The van der Waals surface area contributed by atoms with Gasteiger partial charge < -0.3 is 20.1 Å². The molecule has 0 aliphatic carbocycles. The molecule has 34 heavy (non-hydrogen) atoms. The van der Waals surface area contributed by atoms with Crippen LogP contribution in [0, 0.1) is 6.92 Å². The molecule has 0 aliphatic rings. The molecule has 0 fully saturated rings. The summed E-state index contributed by atoms with van der Waals surface area (Å²) in [4.78, 5) is 49.8. The number of esters is 2. The fourth-order valence-corrected chi connectivity index (χ4v) is 4.34. The van der Waals surface area contributed by atoms with Crippen LogP contribution in [0.5, 0.6) is 0 Å². The van der Waals surface area contributed by atoms with Crippen LogP contribution in [0.25, 0.3) is 10.4 Å². The molecular weight excluding hydrogens is 456 g/mol. The van der Waals surface area contributed by atoms with Crippen LogP contribution in [0.1, 0.15) is 33.2 Å². The van der Waals surface area contributed by atoms with Crippen LogP contribution in [-0.2, 0) is 19.1 Å². The number of ether oxygens (including phenoxy) is 2. The van der Waals surface area contributed by atoms with Gasteiger partial charge in [0.05, 0.1) is 12.2 Å². The van der Waals surface area contributed by atoms with E-state index in [2.05, 4.69) is 10.6 Å². The maximum atomic E-state index is 12.6. The molecule has 0 spiro atoms.